The molecular weight excluding hydrogens is 248 g/mol. The Morgan fingerprint density at radius 3 is 2.87 bits per heavy atom. The smallest absolute Gasteiger partial charge is 0.0940 e. The number of piperazine rings is 1. The fraction of sp³-hybridized carbons (Fsp3) is 0.600. The molecule has 1 N–H and O–H groups in total. The molecule has 2 nitrogen and oxygen atoms in total. The second-order valence-corrected chi connectivity index (χ2v) is 6.61. The SMILES string of the molecule is Clc1ccc(SCCN2CCNCC2)s1. The van der Waals surface area contributed by atoms with Crippen LogP contribution in [0.5, 0.6) is 0 Å². The molecule has 84 valence electrons. The van der Waals surface area contributed by atoms with Crippen LogP contribution in [0.25, 0.3) is 0 Å². The number of nitrogens with zero attached hydrogens (tertiary/aromatic N) is 1. The number of thiophene rings is 1. The molecule has 1 aliphatic rings. The Balaban J connectivity index is 1.65. The molecule has 0 unspecified atom stereocenters. The molecule has 2 rings (SSSR count). The van der Waals surface area contributed by atoms with E-state index in [1.54, 1.807) is 11.3 Å². The minimum Gasteiger partial charge on any atom is -0.314 e. The molecule has 0 aliphatic carbocycles. The molecule has 2 heterocycles. The van der Waals surface area contributed by atoms with Gasteiger partial charge in [0.05, 0.1) is 8.55 Å². The quantitative estimate of drug-likeness (QED) is 0.839. The van der Waals surface area contributed by atoms with E-state index in [0.29, 0.717) is 0 Å². The van der Waals surface area contributed by atoms with Gasteiger partial charge in [0, 0.05) is 38.5 Å². The molecule has 1 aliphatic heterocycles. The van der Waals surface area contributed by atoms with Gasteiger partial charge in [0.25, 0.3) is 0 Å². The molecule has 0 saturated carbocycles. The lowest BCUT2D eigenvalue weighted by Crippen LogP contribution is -2.44. The van der Waals surface area contributed by atoms with Gasteiger partial charge in [-0.25, -0.2) is 0 Å². The van der Waals surface area contributed by atoms with Crippen molar-refractivity contribution in [2.75, 3.05) is 38.5 Å². The van der Waals surface area contributed by atoms with Crippen molar-refractivity contribution >= 4 is 34.7 Å². The van der Waals surface area contributed by atoms with Gasteiger partial charge < -0.3 is 5.32 Å². The van der Waals surface area contributed by atoms with Crippen molar-refractivity contribution in [1.82, 2.24) is 10.2 Å². The van der Waals surface area contributed by atoms with Crippen molar-refractivity contribution in [1.29, 1.82) is 0 Å². The summed E-state index contributed by atoms with van der Waals surface area (Å²) in [7, 11) is 0. The minimum absolute atomic E-state index is 0.889. The topological polar surface area (TPSA) is 15.3 Å². The number of rotatable bonds is 4. The molecule has 1 fully saturated rings. The van der Waals surface area contributed by atoms with Gasteiger partial charge in [-0.3, -0.25) is 4.90 Å². The number of nitrogens with one attached hydrogen (secondary N) is 1. The van der Waals surface area contributed by atoms with Gasteiger partial charge in [-0.05, 0) is 12.1 Å². The summed E-state index contributed by atoms with van der Waals surface area (Å²) < 4.78 is 2.22. The van der Waals surface area contributed by atoms with Crippen LogP contribution in [0.2, 0.25) is 4.34 Å². The van der Waals surface area contributed by atoms with E-state index in [1.807, 2.05) is 17.8 Å². The van der Waals surface area contributed by atoms with E-state index in [4.69, 9.17) is 11.6 Å². The second kappa shape index (κ2) is 6.11. The van der Waals surface area contributed by atoms with E-state index in [9.17, 15) is 0 Å². The first kappa shape index (κ1) is 11.7. The number of hydrogen-bond acceptors (Lipinski definition) is 4. The Labute approximate surface area is 104 Å². The normalized spacial score (nSPS) is 18.2. The summed E-state index contributed by atoms with van der Waals surface area (Å²) in [6.07, 6.45) is 0. The van der Waals surface area contributed by atoms with Crippen molar-refractivity contribution in [2.24, 2.45) is 0 Å². The largest absolute Gasteiger partial charge is 0.314 e. The fourth-order valence-corrected chi connectivity index (χ4v) is 3.97. The van der Waals surface area contributed by atoms with Gasteiger partial charge in [0.15, 0.2) is 0 Å². The summed E-state index contributed by atoms with van der Waals surface area (Å²) in [5.74, 6) is 1.16. The van der Waals surface area contributed by atoms with Crippen LogP contribution in [-0.4, -0.2) is 43.4 Å². The standard InChI is InChI=1S/C10H15ClN2S2/c11-9-1-2-10(15-9)14-8-7-13-5-3-12-4-6-13/h1-2,12H,3-8H2. The van der Waals surface area contributed by atoms with Gasteiger partial charge in [0.1, 0.15) is 0 Å². The maximum atomic E-state index is 5.87. The minimum atomic E-state index is 0.889. The van der Waals surface area contributed by atoms with E-state index in [1.165, 1.54) is 23.8 Å². The zero-order chi connectivity index (χ0) is 10.5. The third kappa shape index (κ3) is 3.96. The molecule has 1 saturated heterocycles. The van der Waals surface area contributed by atoms with Crippen LogP contribution < -0.4 is 5.32 Å². The number of halogens is 1. The van der Waals surface area contributed by atoms with Crippen LogP contribution >= 0.6 is 34.7 Å². The third-order valence-electron chi connectivity index (χ3n) is 2.41. The highest BCUT2D eigenvalue weighted by molar-refractivity contribution is 8.01. The molecule has 5 heteroatoms. The Morgan fingerprint density at radius 1 is 1.40 bits per heavy atom. The van der Waals surface area contributed by atoms with Crippen LogP contribution in [0, 0.1) is 0 Å². The average molecular weight is 263 g/mol. The lowest BCUT2D eigenvalue weighted by atomic mass is 10.4. The van der Waals surface area contributed by atoms with E-state index >= 15 is 0 Å². The molecule has 0 radical (unpaired) electrons. The molecule has 1 aromatic heterocycles. The predicted octanol–water partition coefficient (Wildman–Crippen LogP) is 2.40. The lowest BCUT2D eigenvalue weighted by molar-refractivity contribution is 0.255. The monoisotopic (exact) mass is 262 g/mol. The van der Waals surface area contributed by atoms with Crippen LogP contribution in [0.4, 0.5) is 0 Å². The zero-order valence-corrected chi connectivity index (χ0v) is 10.9. The van der Waals surface area contributed by atoms with E-state index in [-0.39, 0.29) is 0 Å². The van der Waals surface area contributed by atoms with Crippen LogP contribution in [0.3, 0.4) is 0 Å². The number of thioether (sulfide) groups is 1. The third-order valence-corrected chi connectivity index (χ3v) is 4.85. The first-order valence-corrected chi connectivity index (χ1v) is 7.34. The van der Waals surface area contributed by atoms with Crippen molar-refractivity contribution in [3.05, 3.63) is 16.5 Å². The van der Waals surface area contributed by atoms with Crippen molar-refractivity contribution in [2.45, 2.75) is 4.21 Å². The van der Waals surface area contributed by atoms with E-state index in [0.717, 1.165) is 23.2 Å². The van der Waals surface area contributed by atoms with Crippen LogP contribution in [-0.2, 0) is 0 Å². The predicted molar refractivity (Wildman–Crippen MR) is 69.4 cm³/mol. The van der Waals surface area contributed by atoms with Gasteiger partial charge in [-0.15, -0.1) is 23.1 Å². The summed E-state index contributed by atoms with van der Waals surface area (Å²) in [4.78, 5) is 2.51. The highest BCUT2D eigenvalue weighted by atomic mass is 35.5. The molecule has 15 heavy (non-hydrogen) atoms. The van der Waals surface area contributed by atoms with Crippen molar-refractivity contribution in [3.8, 4) is 0 Å². The zero-order valence-electron chi connectivity index (χ0n) is 8.54. The summed E-state index contributed by atoms with van der Waals surface area (Å²) >= 11 is 9.45. The highest BCUT2D eigenvalue weighted by Crippen LogP contribution is 2.30. The fourth-order valence-electron chi connectivity index (χ4n) is 1.59. The number of hydrogen-bond donors (Lipinski definition) is 1. The average Bonchev–Trinajstić information content (AvgIpc) is 2.66. The summed E-state index contributed by atoms with van der Waals surface area (Å²) in [6.45, 7) is 5.82. The van der Waals surface area contributed by atoms with Crippen molar-refractivity contribution in [3.63, 3.8) is 0 Å². The Bertz CT molecular complexity index is 297. The van der Waals surface area contributed by atoms with Gasteiger partial charge >= 0.3 is 0 Å². The van der Waals surface area contributed by atoms with Gasteiger partial charge in [-0.2, -0.15) is 0 Å². The molecule has 0 spiro atoms. The molecule has 1 aromatic rings. The maximum absolute atomic E-state index is 5.87. The lowest BCUT2D eigenvalue weighted by Gasteiger charge is -2.26. The Hall–Kier alpha value is 0.260. The molecule has 0 amide bonds. The van der Waals surface area contributed by atoms with Crippen LogP contribution in [0.15, 0.2) is 16.3 Å². The highest BCUT2D eigenvalue weighted by Gasteiger charge is 2.08. The van der Waals surface area contributed by atoms with E-state index < -0.39 is 0 Å². The maximum Gasteiger partial charge on any atom is 0.0940 e. The first-order valence-electron chi connectivity index (χ1n) is 5.16. The molecular formula is C10H15ClN2S2. The van der Waals surface area contributed by atoms with Gasteiger partial charge in [0.2, 0.25) is 0 Å². The summed E-state index contributed by atoms with van der Waals surface area (Å²) in [5, 5.41) is 3.36. The Morgan fingerprint density at radius 2 is 2.20 bits per heavy atom. The molecule has 0 atom stereocenters. The molecule has 0 bridgehead atoms. The van der Waals surface area contributed by atoms with Crippen molar-refractivity contribution < 1.29 is 0 Å². The van der Waals surface area contributed by atoms with Gasteiger partial charge in [-0.1, -0.05) is 11.6 Å². The van der Waals surface area contributed by atoms with E-state index in [2.05, 4.69) is 16.3 Å². The Kier molecular flexibility index (Phi) is 4.78. The van der Waals surface area contributed by atoms with Crippen LogP contribution in [0.1, 0.15) is 0 Å². The summed E-state index contributed by atoms with van der Waals surface area (Å²) in [5.41, 5.74) is 0. The summed E-state index contributed by atoms with van der Waals surface area (Å²) in [6, 6.07) is 4.08. The second-order valence-electron chi connectivity index (χ2n) is 3.50. The molecule has 0 aromatic carbocycles. The first-order chi connectivity index (χ1) is 7.34.